The van der Waals surface area contributed by atoms with E-state index in [9.17, 15) is 9.90 Å². The molecular formula is C13H17N5O5. The highest BCUT2D eigenvalue weighted by Crippen LogP contribution is 2.43. The number of hydrogen-bond donors (Lipinski definition) is 3. The van der Waals surface area contributed by atoms with Gasteiger partial charge >= 0.3 is 0 Å². The summed E-state index contributed by atoms with van der Waals surface area (Å²) >= 11 is 0. The van der Waals surface area contributed by atoms with Crippen molar-refractivity contribution in [2.75, 3.05) is 12.3 Å². The number of rotatable bonds is 2. The van der Waals surface area contributed by atoms with Gasteiger partial charge in [-0.15, -0.1) is 0 Å². The molecule has 124 valence electrons. The maximum Gasteiger partial charge on any atom is 0.280 e. The Morgan fingerprint density at radius 3 is 2.91 bits per heavy atom. The molecule has 0 aromatic carbocycles. The largest absolute Gasteiger partial charge is 0.394 e. The summed E-state index contributed by atoms with van der Waals surface area (Å²) in [4.78, 5) is 22.5. The van der Waals surface area contributed by atoms with Gasteiger partial charge in [-0.1, -0.05) is 0 Å². The summed E-state index contributed by atoms with van der Waals surface area (Å²) in [6.07, 6.45) is -0.595. The van der Waals surface area contributed by atoms with Crippen molar-refractivity contribution in [2.45, 2.75) is 44.2 Å². The van der Waals surface area contributed by atoms with Crippen LogP contribution in [0.25, 0.3) is 11.2 Å². The molecule has 2 fully saturated rings. The van der Waals surface area contributed by atoms with Crippen molar-refractivity contribution in [3.8, 4) is 0 Å². The van der Waals surface area contributed by atoms with Crippen LogP contribution in [0.4, 0.5) is 5.95 Å². The minimum Gasteiger partial charge on any atom is -0.394 e. The van der Waals surface area contributed by atoms with E-state index in [1.165, 1.54) is 6.33 Å². The van der Waals surface area contributed by atoms with Gasteiger partial charge in [0, 0.05) is 0 Å². The lowest BCUT2D eigenvalue weighted by atomic mass is 10.1. The van der Waals surface area contributed by atoms with Crippen LogP contribution in [-0.4, -0.2) is 55.3 Å². The highest BCUT2D eigenvalue weighted by Gasteiger charge is 2.55. The fourth-order valence-electron chi connectivity index (χ4n) is 3.16. The molecule has 0 bridgehead atoms. The molecule has 2 aromatic rings. The number of nitrogens with two attached hydrogens (primary N) is 1. The number of hydrogen-bond acceptors (Lipinski definition) is 8. The predicted molar refractivity (Wildman–Crippen MR) is 77.4 cm³/mol. The number of H-pyrrole nitrogens is 1. The number of nitrogen functional groups attached to an aromatic ring is 1. The first-order chi connectivity index (χ1) is 10.9. The average Bonchev–Trinajstić information content (AvgIpc) is 3.09. The topological polar surface area (TPSA) is 138 Å². The minimum atomic E-state index is -0.787. The summed E-state index contributed by atoms with van der Waals surface area (Å²) in [5.41, 5.74) is 5.63. The van der Waals surface area contributed by atoms with Gasteiger partial charge in [0.15, 0.2) is 23.2 Å². The molecule has 2 aliphatic rings. The number of aromatic amines is 1. The Bertz CT molecular complexity index is 815. The molecule has 0 amide bonds. The third-order valence-corrected chi connectivity index (χ3v) is 4.03. The fraction of sp³-hybridized carbons (Fsp3) is 0.615. The molecule has 0 unspecified atom stereocenters. The summed E-state index contributed by atoms with van der Waals surface area (Å²) in [6, 6.07) is 0. The van der Waals surface area contributed by atoms with Gasteiger partial charge in [0.05, 0.1) is 12.9 Å². The molecule has 4 N–H and O–H groups in total. The number of fused-ring (bicyclic) bond motifs is 2. The van der Waals surface area contributed by atoms with E-state index >= 15 is 0 Å². The SMILES string of the molecule is CC1(C)O[C@H]2[C@H](O1)[C@@H](CO)O[C@H]2n1cnc2c(=O)[nH]c(N)nc21. The molecule has 10 heteroatoms. The molecule has 10 nitrogen and oxygen atoms in total. The van der Waals surface area contributed by atoms with Gasteiger partial charge in [0.1, 0.15) is 18.3 Å². The van der Waals surface area contributed by atoms with E-state index in [0.29, 0.717) is 5.65 Å². The van der Waals surface area contributed by atoms with Crippen LogP contribution in [0.3, 0.4) is 0 Å². The molecule has 0 spiro atoms. The summed E-state index contributed by atoms with van der Waals surface area (Å²) in [6.45, 7) is 3.38. The summed E-state index contributed by atoms with van der Waals surface area (Å²) in [5, 5.41) is 9.52. The van der Waals surface area contributed by atoms with Gasteiger partial charge in [-0.2, -0.15) is 4.98 Å². The second kappa shape index (κ2) is 4.74. The number of aliphatic hydroxyl groups is 1. The standard InChI is InChI=1S/C13H17N5O5/c1-13(2)22-7-5(3-19)21-11(8(7)23-13)18-4-15-6-9(18)16-12(14)17-10(6)20/h4-5,7-8,11,19H,3H2,1-2H3,(H3,14,16,17,20)/t5-,7-,8+,11-/m1/s1. The van der Waals surface area contributed by atoms with E-state index in [4.69, 9.17) is 19.9 Å². The van der Waals surface area contributed by atoms with Crippen molar-refractivity contribution in [2.24, 2.45) is 0 Å². The first kappa shape index (κ1) is 14.6. The summed E-state index contributed by atoms with van der Waals surface area (Å²) in [7, 11) is 0. The molecule has 0 aliphatic carbocycles. The Hall–Kier alpha value is -2.01. The van der Waals surface area contributed by atoms with Crippen LogP contribution in [0.1, 0.15) is 20.1 Å². The Balaban J connectivity index is 1.80. The highest BCUT2D eigenvalue weighted by atomic mass is 16.8. The molecule has 2 aliphatic heterocycles. The van der Waals surface area contributed by atoms with Crippen molar-refractivity contribution in [1.29, 1.82) is 0 Å². The van der Waals surface area contributed by atoms with Crippen molar-refractivity contribution >= 4 is 17.1 Å². The van der Waals surface area contributed by atoms with Crippen LogP contribution in [0, 0.1) is 0 Å². The zero-order valence-electron chi connectivity index (χ0n) is 12.6. The first-order valence-electron chi connectivity index (χ1n) is 7.24. The third kappa shape index (κ3) is 2.14. The molecular weight excluding hydrogens is 306 g/mol. The molecule has 23 heavy (non-hydrogen) atoms. The van der Waals surface area contributed by atoms with Crippen LogP contribution in [0.15, 0.2) is 11.1 Å². The number of nitrogens with one attached hydrogen (secondary N) is 1. The lowest BCUT2D eigenvalue weighted by molar-refractivity contribution is -0.199. The molecule has 4 heterocycles. The van der Waals surface area contributed by atoms with Crippen LogP contribution in [-0.2, 0) is 14.2 Å². The van der Waals surface area contributed by atoms with Gasteiger partial charge in [0.2, 0.25) is 5.95 Å². The molecule has 4 atom stereocenters. The Labute approximate surface area is 130 Å². The zero-order valence-corrected chi connectivity index (χ0v) is 12.6. The van der Waals surface area contributed by atoms with Gasteiger partial charge in [-0.25, -0.2) is 4.98 Å². The number of imidazole rings is 1. The Morgan fingerprint density at radius 1 is 1.43 bits per heavy atom. The molecule has 2 aromatic heterocycles. The van der Waals surface area contributed by atoms with Gasteiger partial charge in [-0.05, 0) is 13.8 Å². The Kier molecular flexibility index (Phi) is 3.00. The van der Waals surface area contributed by atoms with Crippen LogP contribution < -0.4 is 11.3 Å². The minimum absolute atomic E-state index is 0.0126. The monoisotopic (exact) mass is 323 g/mol. The molecule has 0 radical (unpaired) electrons. The number of nitrogens with zero attached hydrogens (tertiary/aromatic N) is 3. The van der Waals surface area contributed by atoms with Gasteiger partial charge < -0.3 is 25.1 Å². The quantitative estimate of drug-likeness (QED) is 0.647. The number of anilines is 1. The van der Waals surface area contributed by atoms with Gasteiger partial charge in [-0.3, -0.25) is 14.3 Å². The van der Waals surface area contributed by atoms with Crippen LogP contribution in [0.2, 0.25) is 0 Å². The Morgan fingerprint density at radius 2 is 2.17 bits per heavy atom. The summed E-state index contributed by atoms with van der Waals surface area (Å²) < 4.78 is 19.1. The summed E-state index contributed by atoms with van der Waals surface area (Å²) in [5.74, 6) is -0.799. The van der Waals surface area contributed by atoms with E-state index in [2.05, 4.69) is 15.0 Å². The zero-order chi connectivity index (χ0) is 16.4. The highest BCUT2D eigenvalue weighted by molar-refractivity contribution is 5.70. The molecule has 2 saturated heterocycles. The number of ether oxygens (including phenoxy) is 3. The average molecular weight is 323 g/mol. The van der Waals surface area contributed by atoms with Crippen molar-refractivity contribution < 1.29 is 19.3 Å². The lowest BCUT2D eigenvalue weighted by Gasteiger charge is -2.24. The van der Waals surface area contributed by atoms with Crippen molar-refractivity contribution in [3.05, 3.63) is 16.7 Å². The number of aromatic nitrogens is 4. The van der Waals surface area contributed by atoms with E-state index in [-0.39, 0.29) is 18.1 Å². The van der Waals surface area contributed by atoms with E-state index in [1.54, 1.807) is 18.4 Å². The molecule has 4 rings (SSSR count). The third-order valence-electron chi connectivity index (χ3n) is 4.03. The maximum atomic E-state index is 11.9. The molecule has 0 saturated carbocycles. The lowest BCUT2D eigenvalue weighted by Crippen LogP contribution is -2.31. The van der Waals surface area contributed by atoms with E-state index < -0.39 is 35.9 Å². The smallest absolute Gasteiger partial charge is 0.280 e. The number of aliphatic hydroxyl groups excluding tert-OH is 1. The fourth-order valence-corrected chi connectivity index (χ4v) is 3.16. The second-order valence-corrected chi connectivity index (χ2v) is 6.09. The van der Waals surface area contributed by atoms with Crippen LogP contribution >= 0.6 is 0 Å². The van der Waals surface area contributed by atoms with Crippen molar-refractivity contribution in [3.63, 3.8) is 0 Å². The van der Waals surface area contributed by atoms with Crippen LogP contribution in [0.5, 0.6) is 0 Å². The van der Waals surface area contributed by atoms with E-state index in [0.717, 1.165) is 0 Å². The van der Waals surface area contributed by atoms with Crippen molar-refractivity contribution in [1.82, 2.24) is 19.5 Å². The predicted octanol–water partition coefficient (Wildman–Crippen LogP) is -0.888. The first-order valence-corrected chi connectivity index (χ1v) is 7.24. The maximum absolute atomic E-state index is 11.9. The second-order valence-electron chi connectivity index (χ2n) is 6.09. The van der Waals surface area contributed by atoms with Gasteiger partial charge in [0.25, 0.3) is 5.56 Å². The normalized spacial score (nSPS) is 32.5. The van der Waals surface area contributed by atoms with E-state index in [1.807, 2.05) is 0 Å².